The van der Waals surface area contributed by atoms with E-state index in [9.17, 15) is 4.79 Å². The van der Waals surface area contributed by atoms with Gasteiger partial charge in [0, 0.05) is 36.8 Å². The van der Waals surface area contributed by atoms with Crippen LogP contribution in [-0.4, -0.2) is 44.7 Å². The zero-order chi connectivity index (χ0) is 19.1. The Balaban J connectivity index is 1.68. The van der Waals surface area contributed by atoms with Gasteiger partial charge in [0.15, 0.2) is 5.65 Å². The molecule has 0 bridgehead atoms. The highest BCUT2D eigenvalue weighted by molar-refractivity contribution is 6.05. The first-order valence-corrected chi connectivity index (χ1v) is 9.40. The normalized spacial score (nSPS) is 20.0. The summed E-state index contributed by atoms with van der Waals surface area (Å²) in [6, 6.07) is 12.2. The second-order valence-corrected chi connectivity index (χ2v) is 7.62. The monoisotopic (exact) mass is 363 g/mol. The highest BCUT2D eigenvalue weighted by Crippen LogP contribution is 2.29. The van der Waals surface area contributed by atoms with Crippen LogP contribution in [0.15, 0.2) is 42.6 Å². The van der Waals surface area contributed by atoms with Gasteiger partial charge in [-0.15, -0.1) is 0 Å². The highest BCUT2D eigenvalue weighted by atomic mass is 16.2. The summed E-state index contributed by atoms with van der Waals surface area (Å²) in [6.07, 6.45) is 1.75. The number of likely N-dealkylation sites (tertiary alicyclic amines) is 1. The lowest BCUT2D eigenvalue weighted by atomic mass is 9.95. The summed E-state index contributed by atoms with van der Waals surface area (Å²) in [5.41, 5.74) is 9.80. The number of pyridine rings is 1. The molecule has 3 aromatic rings. The second kappa shape index (κ2) is 6.78. The third kappa shape index (κ3) is 3.10. The topological polar surface area (TPSA) is 77.0 Å². The summed E-state index contributed by atoms with van der Waals surface area (Å²) in [5, 5.41) is 5.24. The largest absolute Gasteiger partial charge is 0.336 e. The van der Waals surface area contributed by atoms with Crippen LogP contribution < -0.4 is 5.73 Å². The number of hydrogen-bond acceptors (Lipinski definition) is 4. The van der Waals surface area contributed by atoms with E-state index in [1.54, 1.807) is 6.20 Å². The Bertz CT molecular complexity index is 979. The predicted octanol–water partition coefficient (Wildman–Crippen LogP) is 2.89. The molecule has 1 aliphatic heterocycles. The van der Waals surface area contributed by atoms with Gasteiger partial charge >= 0.3 is 0 Å². The maximum atomic E-state index is 13.3. The minimum Gasteiger partial charge on any atom is -0.336 e. The molecule has 1 aliphatic rings. The van der Waals surface area contributed by atoms with Crippen LogP contribution in [0.2, 0.25) is 0 Å². The van der Waals surface area contributed by atoms with Gasteiger partial charge in [-0.05, 0) is 32.4 Å². The van der Waals surface area contributed by atoms with Gasteiger partial charge in [0.05, 0.1) is 17.1 Å². The van der Waals surface area contributed by atoms with Crippen LogP contribution in [0.1, 0.15) is 47.4 Å². The van der Waals surface area contributed by atoms with E-state index in [4.69, 9.17) is 5.73 Å². The number of hydrogen-bond donors (Lipinski definition) is 1. The molecule has 3 heterocycles. The molecule has 2 aromatic heterocycles. The van der Waals surface area contributed by atoms with Gasteiger partial charge in [-0.1, -0.05) is 30.3 Å². The third-order valence-electron chi connectivity index (χ3n) is 5.29. The Morgan fingerprint density at radius 2 is 1.96 bits per heavy atom. The van der Waals surface area contributed by atoms with Crippen molar-refractivity contribution in [3.8, 4) is 0 Å². The Morgan fingerprint density at radius 1 is 1.22 bits per heavy atom. The molecular formula is C21H25N5O. The lowest BCUT2D eigenvalue weighted by molar-refractivity contribution is 0.0791. The van der Waals surface area contributed by atoms with Gasteiger partial charge in [-0.3, -0.25) is 4.79 Å². The Labute approximate surface area is 159 Å². The molecule has 1 fully saturated rings. The molecule has 4 rings (SSSR count). The number of nitrogens with two attached hydrogens (primary N) is 1. The van der Waals surface area contributed by atoms with Crippen molar-refractivity contribution in [2.24, 2.45) is 5.73 Å². The molecule has 0 aliphatic carbocycles. The maximum absolute atomic E-state index is 13.3. The Hall–Kier alpha value is -2.73. The minimum atomic E-state index is -0.0619. The van der Waals surface area contributed by atoms with Crippen LogP contribution >= 0.6 is 0 Å². The van der Waals surface area contributed by atoms with E-state index in [0.29, 0.717) is 18.7 Å². The van der Waals surface area contributed by atoms with Gasteiger partial charge in [-0.25, -0.2) is 9.67 Å². The van der Waals surface area contributed by atoms with Gasteiger partial charge in [-0.2, -0.15) is 5.10 Å². The smallest absolute Gasteiger partial charge is 0.254 e. The molecule has 0 saturated carbocycles. The van der Waals surface area contributed by atoms with Crippen LogP contribution in [0, 0.1) is 6.92 Å². The van der Waals surface area contributed by atoms with E-state index < -0.39 is 0 Å². The number of nitrogens with zero attached hydrogens (tertiary/aromatic N) is 4. The van der Waals surface area contributed by atoms with E-state index in [-0.39, 0.29) is 23.9 Å². The zero-order valence-electron chi connectivity index (χ0n) is 16.0. The lowest BCUT2D eigenvalue weighted by Gasteiger charge is -2.17. The fourth-order valence-electron chi connectivity index (χ4n) is 3.92. The van der Waals surface area contributed by atoms with Crippen molar-refractivity contribution in [2.45, 2.75) is 38.8 Å². The fraction of sp³-hybridized carbons (Fsp3) is 0.381. The van der Waals surface area contributed by atoms with E-state index in [2.05, 4.69) is 36.1 Å². The summed E-state index contributed by atoms with van der Waals surface area (Å²) < 4.78 is 1.86. The average Bonchev–Trinajstić information content (AvgIpc) is 3.24. The van der Waals surface area contributed by atoms with Crippen LogP contribution in [-0.2, 0) is 0 Å². The van der Waals surface area contributed by atoms with Crippen LogP contribution in [0.3, 0.4) is 0 Å². The second-order valence-electron chi connectivity index (χ2n) is 7.62. The number of aryl methyl sites for hydroxylation is 1. The third-order valence-corrected chi connectivity index (χ3v) is 5.29. The quantitative estimate of drug-likeness (QED) is 0.776. The van der Waals surface area contributed by atoms with Crippen molar-refractivity contribution in [2.75, 3.05) is 13.1 Å². The van der Waals surface area contributed by atoms with E-state index >= 15 is 0 Å². The molecule has 140 valence electrons. The van der Waals surface area contributed by atoms with Gasteiger partial charge in [0.25, 0.3) is 5.91 Å². The molecule has 1 aromatic carbocycles. The van der Waals surface area contributed by atoms with Crippen molar-refractivity contribution in [3.05, 3.63) is 59.4 Å². The summed E-state index contributed by atoms with van der Waals surface area (Å²) in [5.74, 6) is 0.162. The molecule has 0 unspecified atom stereocenters. The zero-order valence-corrected chi connectivity index (χ0v) is 16.0. The highest BCUT2D eigenvalue weighted by Gasteiger charge is 2.35. The van der Waals surface area contributed by atoms with Crippen LogP contribution in [0.25, 0.3) is 11.0 Å². The number of amides is 1. The van der Waals surface area contributed by atoms with Crippen molar-refractivity contribution in [1.29, 1.82) is 0 Å². The summed E-state index contributed by atoms with van der Waals surface area (Å²) in [6.45, 7) is 7.21. The summed E-state index contributed by atoms with van der Waals surface area (Å²) in [4.78, 5) is 19.8. The summed E-state index contributed by atoms with van der Waals surface area (Å²) in [7, 11) is 0. The first-order valence-electron chi connectivity index (χ1n) is 9.40. The minimum absolute atomic E-state index is 0.00249. The van der Waals surface area contributed by atoms with Crippen molar-refractivity contribution in [3.63, 3.8) is 0 Å². The average molecular weight is 363 g/mol. The number of fused-ring (bicyclic) bond motifs is 1. The number of carbonyl (C=O) groups is 1. The molecule has 0 radical (unpaired) electrons. The molecular weight excluding hydrogens is 338 g/mol. The maximum Gasteiger partial charge on any atom is 0.254 e. The van der Waals surface area contributed by atoms with Gasteiger partial charge < -0.3 is 10.6 Å². The SMILES string of the molecule is Cc1cc(C(=O)N2C[C@@H](N)[C@H](c3ccccc3)C2)c2cnn(C(C)C)c2n1. The Kier molecular flexibility index (Phi) is 4.44. The van der Waals surface area contributed by atoms with Crippen molar-refractivity contribution >= 4 is 16.9 Å². The molecule has 6 heteroatoms. The van der Waals surface area contributed by atoms with Crippen LogP contribution in [0.4, 0.5) is 0 Å². The standard InChI is InChI=1S/C21H25N5O/c1-13(2)26-20-17(10-23-26)16(9-14(3)24-20)21(27)25-11-18(19(22)12-25)15-7-5-4-6-8-15/h4-10,13,18-19H,11-12,22H2,1-3H3/t18-,19+/m0/s1. The molecule has 0 spiro atoms. The molecule has 1 saturated heterocycles. The van der Waals surface area contributed by atoms with E-state index in [0.717, 1.165) is 16.7 Å². The number of benzene rings is 1. The number of carbonyl (C=O) groups excluding carboxylic acids is 1. The van der Waals surface area contributed by atoms with Crippen molar-refractivity contribution < 1.29 is 4.79 Å². The van der Waals surface area contributed by atoms with E-state index in [1.165, 1.54) is 5.56 Å². The lowest BCUT2D eigenvalue weighted by Crippen LogP contribution is -2.32. The van der Waals surface area contributed by atoms with Gasteiger partial charge in [0.1, 0.15) is 0 Å². The fourth-order valence-corrected chi connectivity index (χ4v) is 3.92. The summed E-state index contributed by atoms with van der Waals surface area (Å²) >= 11 is 0. The van der Waals surface area contributed by atoms with Crippen molar-refractivity contribution in [1.82, 2.24) is 19.7 Å². The Morgan fingerprint density at radius 3 is 2.67 bits per heavy atom. The molecule has 27 heavy (non-hydrogen) atoms. The number of aromatic nitrogens is 3. The molecule has 2 N–H and O–H groups in total. The molecule has 1 amide bonds. The predicted molar refractivity (Wildman–Crippen MR) is 106 cm³/mol. The van der Waals surface area contributed by atoms with E-state index in [1.807, 2.05) is 40.8 Å². The molecule has 6 nitrogen and oxygen atoms in total. The first-order chi connectivity index (χ1) is 13.0. The molecule has 2 atom stereocenters. The first kappa shape index (κ1) is 17.7. The number of rotatable bonds is 3. The van der Waals surface area contributed by atoms with Crippen LogP contribution in [0.5, 0.6) is 0 Å². The van der Waals surface area contributed by atoms with Gasteiger partial charge in [0.2, 0.25) is 0 Å².